The number of ketones is 1. The van der Waals surface area contributed by atoms with Crippen molar-refractivity contribution in [3.63, 3.8) is 0 Å². The predicted octanol–water partition coefficient (Wildman–Crippen LogP) is 1.98. The van der Waals surface area contributed by atoms with E-state index in [1.807, 2.05) is 0 Å². The molecule has 0 saturated carbocycles. The molecular weight excluding hydrogens is 223 g/mol. The fourth-order valence-corrected chi connectivity index (χ4v) is 1.33. The topological polar surface area (TPSA) is 44.1 Å². The fourth-order valence-electron chi connectivity index (χ4n) is 1.33. The molecule has 4 nitrogen and oxygen atoms in total. The van der Waals surface area contributed by atoms with Crippen LogP contribution >= 0.6 is 0 Å². The molecule has 0 saturated heterocycles. The lowest BCUT2D eigenvalue weighted by Gasteiger charge is -2.00. The van der Waals surface area contributed by atoms with Gasteiger partial charge in [0.1, 0.15) is 12.4 Å². The molecule has 0 N–H and O–H groups in total. The minimum atomic E-state index is -0.329. The van der Waals surface area contributed by atoms with Gasteiger partial charge < -0.3 is 4.74 Å². The van der Waals surface area contributed by atoms with Crippen molar-refractivity contribution in [3.05, 3.63) is 42.5 Å². The molecule has 17 heavy (non-hydrogen) atoms. The third-order valence-electron chi connectivity index (χ3n) is 2.07. The molecule has 5 heteroatoms. The summed E-state index contributed by atoms with van der Waals surface area (Å²) < 4.78 is 19.7. The summed E-state index contributed by atoms with van der Waals surface area (Å²) in [7, 11) is 0. The van der Waals surface area contributed by atoms with Gasteiger partial charge >= 0.3 is 0 Å². The van der Waals surface area contributed by atoms with Crippen molar-refractivity contribution in [1.82, 2.24) is 9.78 Å². The third-order valence-corrected chi connectivity index (χ3v) is 2.07. The number of hydrogen-bond acceptors (Lipinski definition) is 3. The molecule has 88 valence electrons. The molecule has 1 aromatic heterocycles. The maximum Gasteiger partial charge on any atom is 0.167 e. The molecule has 0 aliphatic rings. The number of nitrogens with zero attached hydrogens (tertiary/aromatic N) is 2. The number of hydrogen-bond donors (Lipinski definition) is 0. The van der Waals surface area contributed by atoms with E-state index in [4.69, 9.17) is 4.74 Å². The van der Waals surface area contributed by atoms with Gasteiger partial charge in [0, 0.05) is 0 Å². The van der Waals surface area contributed by atoms with Crippen LogP contribution in [0.1, 0.15) is 6.92 Å². The van der Waals surface area contributed by atoms with Crippen LogP contribution < -0.4 is 4.74 Å². The van der Waals surface area contributed by atoms with E-state index < -0.39 is 0 Å². The largest absolute Gasteiger partial charge is 0.483 e. The minimum Gasteiger partial charge on any atom is -0.483 e. The number of ether oxygens (including phenoxy) is 1. The molecule has 0 aliphatic heterocycles. The number of benzene rings is 1. The number of halogens is 1. The van der Waals surface area contributed by atoms with Crippen molar-refractivity contribution in [1.29, 1.82) is 0 Å². The van der Waals surface area contributed by atoms with E-state index >= 15 is 0 Å². The summed E-state index contributed by atoms with van der Waals surface area (Å²) in [5.74, 6) is 0.0807. The normalized spacial score (nSPS) is 10.2. The Hall–Kier alpha value is -2.17. The summed E-state index contributed by atoms with van der Waals surface area (Å²) in [6, 6.07) is 6.05. The van der Waals surface area contributed by atoms with Crippen LogP contribution in [0.15, 0.2) is 36.7 Å². The van der Waals surface area contributed by atoms with Crippen LogP contribution in [0.25, 0.3) is 5.69 Å². The zero-order valence-electron chi connectivity index (χ0n) is 9.26. The van der Waals surface area contributed by atoms with E-state index in [9.17, 15) is 9.18 Å². The van der Waals surface area contributed by atoms with E-state index in [0.717, 1.165) is 0 Å². The number of Topliss-reactive ketones (excluding diaryl/α,β-unsaturated/α-hetero) is 1. The van der Waals surface area contributed by atoms with E-state index in [1.165, 1.54) is 29.9 Å². The zero-order valence-corrected chi connectivity index (χ0v) is 9.26. The van der Waals surface area contributed by atoms with Gasteiger partial charge in [0.05, 0.1) is 18.1 Å². The van der Waals surface area contributed by atoms with Gasteiger partial charge in [-0.05, 0) is 25.1 Å². The van der Waals surface area contributed by atoms with Crippen molar-refractivity contribution in [3.8, 4) is 11.4 Å². The Labute approximate surface area is 97.6 Å². The van der Waals surface area contributed by atoms with Gasteiger partial charge in [-0.1, -0.05) is 6.07 Å². The van der Waals surface area contributed by atoms with Crippen LogP contribution in [0.3, 0.4) is 0 Å². The summed E-state index contributed by atoms with van der Waals surface area (Å²) in [6.45, 7) is 1.45. The van der Waals surface area contributed by atoms with Gasteiger partial charge in [0.15, 0.2) is 11.5 Å². The summed E-state index contributed by atoms with van der Waals surface area (Å²) in [5, 5.41) is 4.02. The van der Waals surface area contributed by atoms with E-state index in [-0.39, 0.29) is 18.2 Å². The van der Waals surface area contributed by atoms with E-state index in [1.54, 1.807) is 18.3 Å². The second-order valence-corrected chi connectivity index (χ2v) is 3.59. The zero-order chi connectivity index (χ0) is 12.3. The number of carbonyl (C=O) groups excluding carboxylic acids is 1. The molecule has 0 fully saturated rings. The first kappa shape index (κ1) is 11.3. The van der Waals surface area contributed by atoms with Crippen LogP contribution in [0.4, 0.5) is 4.39 Å². The minimum absolute atomic E-state index is 0.00877. The Kier molecular flexibility index (Phi) is 3.18. The molecule has 0 bridgehead atoms. The average molecular weight is 234 g/mol. The van der Waals surface area contributed by atoms with Crippen LogP contribution in [0.5, 0.6) is 5.75 Å². The molecule has 2 rings (SSSR count). The maximum atomic E-state index is 13.0. The first-order valence-electron chi connectivity index (χ1n) is 5.08. The molecule has 0 amide bonds. The van der Waals surface area contributed by atoms with Gasteiger partial charge in [-0.25, -0.2) is 9.07 Å². The molecule has 0 atom stereocenters. The van der Waals surface area contributed by atoms with Gasteiger partial charge in [-0.2, -0.15) is 5.10 Å². The fraction of sp³-hybridized carbons (Fsp3) is 0.167. The molecular formula is C12H11FN2O2. The number of aromatic nitrogens is 2. The summed E-state index contributed by atoms with van der Waals surface area (Å²) in [5.41, 5.74) is 0.600. The number of carbonyl (C=O) groups is 1. The highest BCUT2D eigenvalue weighted by Gasteiger charge is 2.03. The highest BCUT2D eigenvalue weighted by atomic mass is 19.1. The van der Waals surface area contributed by atoms with Crippen molar-refractivity contribution < 1.29 is 13.9 Å². The second kappa shape index (κ2) is 4.78. The molecule has 1 heterocycles. The monoisotopic (exact) mass is 234 g/mol. The first-order chi connectivity index (χ1) is 8.15. The number of rotatable bonds is 4. The Morgan fingerprint density at radius 1 is 1.53 bits per heavy atom. The maximum absolute atomic E-state index is 13.0. The molecule has 0 radical (unpaired) electrons. The van der Waals surface area contributed by atoms with Crippen LogP contribution in [-0.2, 0) is 4.79 Å². The quantitative estimate of drug-likeness (QED) is 0.812. The SMILES string of the molecule is CC(=O)COc1cnn(-c2cccc(F)c2)c1. The Bertz CT molecular complexity index is 537. The lowest BCUT2D eigenvalue weighted by Crippen LogP contribution is -2.05. The van der Waals surface area contributed by atoms with Crippen molar-refractivity contribution in [2.75, 3.05) is 6.61 Å². The standard InChI is InChI=1S/C12H11FN2O2/c1-9(16)8-17-12-6-14-15(7-12)11-4-2-3-10(13)5-11/h2-7H,8H2,1H3. The van der Waals surface area contributed by atoms with Crippen molar-refractivity contribution >= 4 is 5.78 Å². The van der Waals surface area contributed by atoms with Gasteiger partial charge in [0.25, 0.3) is 0 Å². The van der Waals surface area contributed by atoms with Crippen LogP contribution in [-0.4, -0.2) is 22.2 Å². The van der Waals surface area contributed by atoms with Crippen LogP contribution in [0, 0.1) is 5.82 Å². The highest BCUT2D eigenvalue weighted by molar-refractivity contribution is 5.77. The highest BCUT2D eigenvalue weighted by Crippen LogP contribution is 2.14. The summed E-state index contributed by atoms with van der Waals surface area (Å²) in [4.78, 5) is 10.7. The van der Waals surface area contributed by atoms with E-state index in [0.29, 0.717) is 11.4 Å². The van der Waals surface area contributed by atoms with E-state index in [2.05, 4.69) is 5.10 Å². The average Bonchev–Trinajstić information content (AvgIpc) is 2.75. The Morgan fingerprint density at radius 3 is 3.06 bits per heavy atom. The first-order valence-corrected chi connectivity index (χ1v) is 5.08. The molecule has 0 unspecified atom stereocenters. The molecule has 0 spiro atoms. The van der Waals surface area contributed by atoms with Crippen LogP contribution in [0.2, 0.25) is 0 Å². The van der Waals surface area contributed by atoms with Crippen molar-refractivity contribution in [2.24, 2.45) is 0 Å². The second-order valence-electron chi connectivity index (χ2n) is 3.59. The lowest BCUT2D eigenvalue weighted by molar-refractivity contribution is -0.118. The third kappa shape index (κ3) is 2.90. The smallest absolute Gasteiger partial charge is 0.167 e. The molecule has 2 aromatic rings. The Balaban J connectivity index is 2.15. The van der Waals surface area contributed by atoms with Gasteiger partial charge in [0.2, 0.25) is 0 Å². The Morgan fingerprint density at radius 2 is 2.35 bits per heavy atom. The lowest BCUT2D eigenvalue weighted by atomic mass is 10.3. The summed E-state index contributed by atoms with van der Waals surface area (Å²) >= 11 is 0. The molecule has 1 aromatic carbocycles. The van der Waals surface area contributed by atoms with Gasteiger partial charge in [-0.3, -0.25) is 4.79 Å². The molecule has 0 aliphatic carbocycles. The summed E-state index contributed by atoms with van der Waals surface area (Å²) in [6.07, 6.45) is 3.07. The predicted molar refractivity (Wildman–Crippen MR) is 59.7 cm³/mol. The van der Waals surface area contributed by atoms with Gasteiger partial charge in [-0.15, -0.1) is 0 Å². The van der Waals surface area contributed by atoms with Crippen molar-refractivity contribution in [2.45, 2.75) is 6.92 Å².